The molecule has 1 saturated heterocycles. The molecule has 0 spiro atoms. The molecule has 1 aromatic carbocycles. The first-order valence-corrected chi connectivity index (χ1v) is 5.13. The minimum atomic E-state index is 0.206. The molecule has 0 amide bonds. The van der Waals surface area contributed by atoms with Crippen molar-refractivity contribution < 1.29 is 9.47 Å². The summed E-state index contributed by atoms with van der Waals surface area (Å²) in [5, 5.41) is 3.29. The fraction of sp³-hybridized carbons (Fsp3) is 0.500. The average Bonchev–Trinajstić information content (AvgIpc) is 2.25. The molecule has 3 heteroatoms. The third-order valence-electron chi connectivity index (χ3n) is 3.09. The van der Waals surface area contributed by atoms with Gasteiger partial charge in [0, 0.05) is 30.1 Å². The second kappa shape index (κ2) is 3.74. The van der Waals surface area contributed by atoms with Gasteiger partial charge in [0.25, 0.3) is 0 Å². The van der Waals surface area contributed by atoms with Crippen molar-refractivity contribution >= 4 is 0 Å². The Bertz CT molecular complexity index is 359. The van der Waals surface area contributed by atoms with Crippen LogP contribution >= 0.6 is 0 Å². The van der Waals surface area contributed by atoms with Crippen LogP contribution in [-0.4, -0.2) is 27.3 Å². The zero-order chi connectivity index (χ0) is 10.9. The molecule has 1 aromatic rings. The second-order valence-corrected chi connectivity index (χ2v) is 4.23. The van der Waals surface area contributed by atoms with Gasteiger partial charge in [-0.15, -0.1) is 0 Å². The largest absolute Gasteiger partial charge is 0.497 e. The Kier molecular flexibility index (Phi) is 2.57. The molecule has 0 saturated carbocycles. The molecule has 0 unspecified atom stereocenters. The van der Waals surface area contributed by atoms with Crippen LogP contribution in [0.5, 0.6) is 11.5 Å². The van der Waals surface area contributed by atoms with Crippen molar-refractivity contribution in [3.05, 3.63) is 23.8 Å². The summed E-state index contributed by atoms with van der Waals surface area (Å²) in [5.41, 5.74) is 1.46. The summed E-state index contributed by atoms with van der Waals surface area (Å²) in [6, 6.07) is 6.03. The predicted molar refractivity (Wildman–Crippen MR) is 59.8 cm³/mol. The van der Waals surface area contributed by atoms with Crippen molar-refractivity contribution in [3.63, 3.8) is 0 Å². The van der Waals surface area contributed by atoms with Gasteiger partial charge in [0.2, 0.25) is 0 Å². The lowest BCUT2D eigenvalue weighted by Crippen LogP contribution is -2.54. The van der Waals surface area contributed by atoms with E-state index in [-0.39, 0.29) is 5.41 Å². The van der Waals surface area contributed by atoms with Gasteiger partial charge >= 0.3 is 0 Å². The predicted octanol–water partition coefficient (Wildman–Crippen LogP) is 1.56. The van der Waals surface area contributed by atoms with Gasteiger partial charge in [-0.2, -0.15) is 0 Å². The van der Waals surface area contributed by atoms with E-state index >= 15 is 0 Å². The Balaban J connectivity index is 2.38. The maximum absolute atomic E-state index is 5.40. The van der Waals surface area contributed by atoms with Gasteiger partial charge in [-0.3, -0.25) is 0 Å². The van der Waals surface area contributed by atoms with Crippen LogP contribution in [0.3, 0.4) is 0 Å². The summed E-state index contributed by atoms with van der Waals surface area (Å²) in [7, 11) is 3.37. The summed E-state index contributed by atoms with van der Waals surface area (Å²) >= 11 is 0. The van der Waals surface area contributed by atoms with Crippen LogP contribution < -0.4 is 14.8 Å². The summed E-state index contributed by atoms with van der Waals surface area (Å²) in [4.78, 5) is 0. The fourth-order valence-electron chi connectivity index (χ4n) is 1.99. The van der Waals surface area contributed by atoms with Crippen molar-refractivity contribution in [2.45, 2.75) is 12.3 Å². The van der Waals surface area contributed by atoms with Crippen LogP contribution in [0.4, 0.5) is 0 Å². The Morgan fingerprint density at radius 1 is 1.20 bits per heavy atom. The van der Waals surface area contributed by atoms with E-state index in [1.54, 1.807) is 14.2 Å². The lowest BCUT2D eigenvalue weighted by molar-refractivity contribution is 0.290. The van der Waals surface area contributed by atoms with E-state index < -0.39 is 0 Å². The number of ether oxygens (including phenoxy) is 2. The molecule has 82 valence electrons. The van der Waals surface area contributed by atoms with Crippen LogP contribution in [0.25, 0.3) is 0 Å². The van der Waals surface area contributed by atoms with E-state index in [0.29, 0.717) is 0 Å². The van der Waals surface area contributed by atoms with Crippen LogP contribution in [0, 0.1) is 0 Å². The number of benzene rings is 1. The number of rotatable bonds is 3. The summed E-state index contributed by atoms with van der Waals surface area (Å²) in [5.74, 6) is 1.75. The van der Waals surface area contributed by atoms with Crippen molar-refractivity contribution in [1.82, 2.24) is 5.32 Å². The molecule has 0 bridgehead atoms. The van der Waals surface area contributed by atoms with Crippen LogP contribution in [-0.2, 0) is 5.41 Å². The SMILES string of the molecule is COc1ccc(C2(C)CNC2)c(OC)c1. The fourth-order valence-corrected chi connectivity index (χ4v) is 1.99. The van der Waals surface area contributed by atoms with Gasteiger partial charge in [0.05, 0.1) is 14.2 Å². The first kappa shape index (κ1) is 10.3. The molecule has 1 heterocycles. The third kappa shape index (κ3) is 1.67. The minimum Gasteiger partial charge on any atom is -0.497 e. The van der Waals surface area contributed by atoms with Gasteiger partial charge in [0.15, 0.2) is 0 Å². The maximum Gasteiger partial charge on any atom is 0.126 e. The zero-order valence-corrected chi connectivity index (χ0v) is 9.46. The van der Waals surface area contributed by atoms with E-state index in [1.165, 1.54) is 5.56 Å². The summed E-state index contributed by atoms with van der Waals surface area (Å²) < 4.78 is 10.6. The van der Waals surface area contributed by atoms with Gasteiger partial charge in [0.1, 0.15) is 11.5 Å². The molecule has 1 aliphatic heterocycles. The topological polar surface area (TPSA) is 30.5 Å². The van der Waals surface area contributed by atoms with Gasteiger partial charge in [-0.1, -0.05) is 13.0 Å². The number of hydrogen-bond acceptors (Lipinski definition) is 3. The first-order chi connectivity index (χ1) is 7.19. The lowest BCUT2D eigenvalue weighted by Gasteiger charge is -2.40. The molecule has 1 fully saturated rings. The van der Waals surface area contributed by atoms with Gasteiger partial charge in [-0.05, 0) is 6.07 Å². The highest BCUT2D eigenvalue weighted by Gasteiger charge is 2.35. The number of nitrogens with one attached hydrogen (secondary N) is 1. The van der Waals surface area contributed by atoms with Crippen LogP contribution in [0.15, 0.2) is 18.2 Å². The molecule has 0 atom stereocenters. The lowest BCUT2D eigenvalue weighted by atomic mass is 9.77. The van der Waals surface area contributed by atoms with E-state index in [0.717, 1.165) is 24.6 Å². The standard InChI is InChI=1S/C12H17NO2/c1-12(7-13-8-12)10-5-4-9(14-2)6-11(10)15-3/h4-6,13H,7-8H2,1-3H3. The van der Waals surface area contributed by atoms with Crippen molar-refractivity contribution in [1.29, 1.82) is 0 Å². The quantitative estimate of drug-likeness (QED) is 0.816. The number of hydrogen-bond donors (Lipinski definition) is 1. The van der Waals surface area contributed by atoms with Crippen LogP contribution in [0.1, 0.15) is 12.5 Å². The summed E-state index contributed by atoms with van der Waals surface area (Å²) in [6.07, 6.45) is 0. The Morgan fingerprint density at radius 2 is 1.93 bits per heavy atom. The van der Waals surface area contributed by atoms with E-state index in [2.05, 4.69) is 18.3 Å². The molecule has 0 radical (unpaired) electrons. The maximum atomic E-state index is 5.40. The van der Waals surface area contributed by atoms with Crippen molar-refractivity contribution in [2.75, 3.05) is 27.3 Å². The smallest absolute Gasteiger partial charge is 0.126 e. The van der Waals surface area contributed by atoms with Gasteiger partial charge in [-0.25, -0.2) is 0 Å². The normalized spacial score (nSPS) is 18.1. The Morgan fingerprint density at radius 3 is 2.40 bits per heavy atom. The van der Waals surface area contributed by atoms with Crippen LogP contribution in [0.2, 0.25) is 0 Å². The van der Waals surface area contributed by atoms with Gasteiger partial charge < -0.3 is 14.8 Å². The highest BCUT2D eigenvalue weighted by Crippen LogP contribution is 2.36. The first-order valence-electron chi connectivity index (χ1n) is 5.13. The Hall–Kier alpha value is -1.22. The molecule has 3 nitrogen and oxygen atoms in total. The molecular weight excluding hydrogens is 190 g/mol. The molecular formula is C12H17NO2. The average molecular weight is 207 g/mol. The zero-order valence-electron chi connectivity index (χ0n) is 9.46. The highest BCUT2D eigenvalue weighted by molar-refractivity contribution is 5.46. The Labute approximate surface area is 90.4 Å². The highest BCUT2D eigenvalue weighted by atomic mass is 16.5. The molecule has 15 heavy (non-hydrogen) atoms. The minimum absolute atomic E-state index is 0.206. The summed E-state index contributed by atoms with van der Waals surface area (Å²) in [6.45, 7) is 4.26. The molecule has 0 aliphatic carbocycles. The van der Waals surface area contributed by atoms with E-state index in [1.807, 2.05) is 12.1 Å². The molecule has 0 aromatic heterocycles. The molecule has 1 aliphatic rings. The molecule has 2 rings (SSSR count). The number of methoxy groups -OCH3 is 2. The third-order valence-corrected chi connectivity index (χ3v) is 3.09. The van der Waals surface area contributed by atoms with Crippen molar-refractivity contribution in [3.8, 4) is 11.5 Å². The monoisotopic (exact) mass is 207 g/mol. The molecule has 1 N–H and O–H groups in total. The second-order valence-electron chi connectivity index (χ2n) is 4.23. The van der Waals surface area contributed by atoms with E-state index in [4.69, 9.17) is 9.47 Å². The van der Waals surface area contributed by atoms with Crippen molar-refractivity contribution in [2.24, 2.45) is 0 Å². The van der Waals surface area contributed by atoms with E-state index in [9.17, 15) is 0 Å².